The highest BCUT2D eigenvalue weighted by Crippen LogP contribution is 2.39. The van der Waals surface area contributed by atoms with Crippen LogP contribution in [0.4, 0.5) is 15.8 Å². The average Bonchev–Trinajstić information content (AvgIpc) is 3.03. The number of anilines is 1. The predicted octanol–water partition coefficient (Wildman–Crippen LogP) is 6.60. The van der Waals surface area contributed by atoms with Gasteiger partial charge in [-0.3, -0.25) is 19.8 Å². The molecular weight excluding hydrogens is 467 g/mol. The third-order valence-corrected chi connectivity index (χ3v) is 6.96. The van der Waals surface area contributed by atoms with Gasteiger partial charge in [-0.25, -0.2) is 4.39 Å². The maximum Gasteiger partial charge on any atom is 0.283 e. The van der Waals surface area contributed by atoms with Crippen molar-refractivity contribution >= 4 is 63.4 Å². The largest absolute Gasteiger partial charge is 0.283 e. The summed E-state index contributed by atoms with van der Waals surface area (Å²) in [6.45, 7) is 1.97. The zero-order valence-corrected chi connectivity index (χ0v) is 19.1. The minimum atomic E-state index is -0.474. The smallest absolute Gasteiger partial charge is 0.268 e. The van der Waals surface area contributed by atoms with Crippen LogP contribution in [-0.4, -0.2) is 15.2 Å². The van der Waals surface area contributed by atoms with Gasteiger partial charge in [0, 0.05) is 11.0 Å². The fourth-order valence-corrected chi connectivity index (χ4v) is 5.24. The lowest BCUT2D eigenvalue weighted by molar-refractivity contribution is -0.387. The van der Waals surface area contributed by atoms with E-state index in [0.29, 0.717) is 21.1 Å². The molecule has 3 aromatic rings. The first-order valence-corrected chi connectivity index (χ1v) is 11.4. The van der Waals surface area contributed by atoms with Crippen molar-refractivity contribution in [3.05, 3.63) is 98.7 Å². The van der Waals surface area contributed by atoms with Crippen molar-refractivity contribution in [2.75, 3.05) is 4.90 Å². The molecule has 1 heterocycles. The van der Waals surface area contributed by atoms with Crippen LogP contribution in [0.2, 0.25) is 0 Å². The number of thiocarbonyl (C=S) groups is 1. The lowest BCUT2D eigenvalue weighted by Gasteiger charge is -2.14. The molecule has 9 heteroatoms. The third kappa shape index (κ3) is 4.74. The van der Waals surface area contributed by atoms with E-state index < -0.39 is 16.6 Å². The van der Waals surface area contributed by atoms with Gasteiger partial charge in [0.25, 0.3) is 11.6 Å². The highest BCUT2D eigenvalue weighted by atomic mass is 32.2. The van der Waals surface area contributed by atoms with E-state index in [4.69, 9.17) is 12.2 Å². The number of halogens is 1. The van der Waals surface area contributed by atoms with Gasteiger partial charge in [-0.05, 0) is 55.0 Å². The average molecular weight is 483 g/mol. The van der Waals surface area contributed by atoms with Gasteiger partial charge in [0.1, 0.15) is 5.82 Å². The van der Waals surface area contributed by atoms with E-state index >= 15 is 0 Å². The van der Waals surface area contributed by atoms with Crippen molar-refractivity contribution in [2.24, 2.45) is 0 Å². The fourth-order valence-electron chi connectivity index (χ4n) is 3.04. The van der Waals surface area contributed by atoms with Crippen molar-refractivity contribution in [2.45, 2.75) is 16.7 Å². The zero-order chi connectivity index (χ0) is 22.8. The molecule has 5 nitrogen and oxygen atoms in total. The van der Waals surface area contributed by atoms with E-state index in [1.165, 1.54) is 40.9 Å². The molecule has 1 fully saturated rings. The number of nitrogens with zero attached hydrogens (tertiary/aromatic N) is 2. The highest BCUT2D eigenvalue weighted by Gasteiger charge is 2.33. The lowest BCUT2D eigenvalue weighted by atomic mass is 10.2. The Bertz CT molecular complexity index is 1280. The molecule has 0 saturated carbocycles. The molecule has 1 saturated heterocycles. The number of aryl methyl sites for hydroxylation is 1. The number of amides is 1. The minimum Gasteiger partial charge on any atom is -0.268 e. The van der Waals surface area contributed by atoms with Crippen LogP contribution in [0.15, 0.2) is 81.4 Å². The maximum atomic E-state index is 13.6. The molecule has 0 aromatic heterocycles. The first-order valence-electron chi connectivity index (χ1n) is 9.38. The van der Waals surface area contributed by atoms with Crippen LogP contribution >= 0.6 is 35.7 Å². The summed E-state index contributed by atoms with van der Waals surface area (Å²) in [7, 11) is 0. The molecule has 3 aromatic carbocycles. The molecule has 160 valence electrons. The molecule has 0 unspecified atom stereocenters. The molecule has 0 aliphatic carbocycles. The summed E-state index contributed by atoms with van der Waals surface area (Å²) in [6, 6.07) is 18.2. The van der Waals surface area contributed by atoms with Gasteiger partial charge in [0.15, 0.2) is 4.32 Å². The molecule has 1 amide bonds. The standard InChI is InChI=1S/C23H15FN2O3S3/c1-14-5-8-18(9-6-14)31-20-10-7-15(11-19(20)26(28)29)12-21-22(27)25(23(30)32-21)17-4-2-3-16(24)13-17/h2-13H,1H3. The van der Waals surface area contributed by atoms with E-state index in [9.17, 15) is 19.3 Å². The van der Waals surface area contributed by atoms with E-state index in [2.05, 4.69) is 0 Å². The summed E-state index contributed by atoms with van der Waals surface area (Å²) in [5, 5.41) is 11.7. The highest BCUT2D eigenvalue weighted by molar-refractivity contribution is 8.27. The van der Waals surface area contributed by atoms with Crippen molar-refractivity contribution in [1.82, 2.24) is 0 Å². The van der Waals surface area contributed by atoms with E-state index in [1.54, 1.807) is 24.3 Å². The van der Waals surface area contributed by atoms with Gasteiger partial charge in [0.05, 0.1) is 20.4 Å². The quantitative estimate of drug-likeness (QED) is 0.177. The molecule has 0 spiro atoms. The molecule has 0 atom stereocenters. The molecule has 1 aliphatic heterocycles. The van der Waals surface area contributed by atoms with Crippen LogP contribution in [0.5, 0.6) is 0 Å². The number of nitro groups is 1. The van der Waals surface area contributed by atoms with Crippen LogP contribution < -0.4 is 4.90 Å². The summed E-state index contributed by atoms with van der Waals surface area (Å²) in [4.78, 5) is 27.1. The molecular formula is C23H15FN2O3S3. The SMILES string of the molecule is Cc1ccc(Sc2ccc(C=C3SC(=S)N(c4cccc(F)c4)C3=O)cc2[N+](=O)[O-])cc1. The van der Waals surface area contributed by atoms with E-state index in [1.807, 2.05) is 31.2 Å². The zero-order valence-electron chi connectivity index (χ0n) is 16.7. The van der Waals surface area contributed by atoms with Crippen molar-refractivity contribution in [3.63, 3.8) is 0 Å². The van der Waals surface area contributed by atoms with Gasteiger partial charge in [-0.1, -0.05) is 65.6 Å². The number of nitro benzene ring substituents is 1. The summed E-state index contributed by atoms with van der Waals surface area (Å²) in [6.07, 6.45) is 1.56. The summed E-state index contributed by atoms with van der Waals surface area (Å²) < 4.78 is 13.9. The number of hydrogen-bond acceptors (Lipinski definition) is 6. The topological polar surface area (TPSA) is 63.5 Å². The van der Waals surface area contributed by atoms with Crippen LogP contribution in [0.3, 0.4) is 0 Å². The number of rotatable bonds is 5. The maximum absolute atomic E-state index is 13.6. The van der Waals surface area contributed by atoms with Gasteiger partial charge >= 0.3 is 0 Å². The van der Waals surface area contributed by atoms with Crippen LogP contribution in [0.25, 0.3) is 6.08 Å². The Morgan fingerprint density at radius 1 is 1.12 bits per heavy atom. The third-order valence-electron chi connectivity index (χ3n) is 4.59. The first kappa shape index (κ1) is 22.2. The molecule has 32 heavy (non-hydrogen) atoms. The predicted molar refractivity (Wildman–Crippen MR) is 130 cm³/mol. The number of benzene rings is 3. The molecule has 0 radical (unpaired) electrons. The van der Waals surface area contributed by atoms with E-state index in [-0.39, 0.29) is 10.0 Å². The van der Waals surface area contributed by atoms with E-state index in [0.717, 1.165) is 22.2 Å². The van der Waals surface area contributed by atoms with Crippen LogP contribution in [0.1, 0.15) is 11.1 Å². The molecule has 1 aliphatic rings. The van der Waals surface area contributed by atoms with Crippen molar-refractivity contribution in [1.29, 1.82) is 0 Å². The van der Waals surface area contributed by atoms with Crippen LogP contribution in [-0.2, 0) is 4.79 Å². The summed E-state index contributed by atoms with van der Waals surface area (Å²) in [5.41, 5.74) is 1.90. The Morgan fingerprint density at radius 3 is 2.56 bits per heavy atom. The molecule has 0 N–H and O–H groups in total. The van der Waals surface area contributed by atoms with Crippen molar-refractivity contribution in [3.8, 4) is 0 Å². The Labute approximate surface area is 197 Å². The molecule has 4 rings (SSSR count). The number of carbonyl (C=O) groups is 1. The lowest BCUT2D eigenvalue weighted by Crippen LogP contribution is -2.27. The monoisotopic (exact) mass is 482 g/mol. The van der Waals surface area contributed by atoms with Gasteiger partial charge in [-0.2, -0.15) is 0 Å². The van der Waals surface area contributed by atoms with Gasteiger partial charge in [0.2, 0.25) is 0 Å². The number of thioether (sulfide) groups is 1. The van der Waals surface area contributed by atoms with Crippen LogP contribution in [0, 0.1) is 22.9 Å². The molecule has 0 bridgehead atoms. The summed E-state index contributed by atoms with van der Waals surface area (Å²) in [5.74, 6) is -0.871. The van der Waals surface area contributed by atoms with Gasteiger partial charge in [-0.15, -0.1) is 0 Å². The first-order chi connectivity index (χ1) is 15.3. The number of hydrogen-bond donors (Lipinski definition) is 0. The second-order valence-electron chi connectivity index (χ2n) is 6.90. The van der Waals surface area contributed by atoms with Crippen molar-refractivity contribution < 1.29 is 14.1 Å². The number of carbonyl (C=O) groups excluding carboxylic acids is 1. The normalized spacial score (nSPS) is 14.9. The fraction of sp³-hybridized carbons (Fsp3) is 0.0435. The summed E-state index contributed by atoms with van der Waals surface area (Å²) >= 11 is 7.67. The Hall–Kier alpha value is -3.01. The Balaban J connectivity index is 1.63. The second-order valence-corrected chi connectivity index (χ2v) is 9.69. The Morgan fingerprint density at radius 2 is 1.88 bits per heavy atom. The second kappa shape index (κ2) is 9.23. The Kier molecular flexibility index (Phi) is 6.40. The minimum absolute atomic E-state index is 0.0510. The van der Waals surface area contributed by atoms with Gasteiger partial charge < -0.3 is 0 Å².